The number of fused-ring (bicyclic) bond motifs is 1. The van der Waals surface area contributed by atoms with Crippen molar-refractivity contribution < 1.29 is 23.9 Å². The van der Waals surface area contributed by atoms with Crippen molar-refractivity contribution in [3.05, 3.63) is 107 Å². The van der Waals surface area contributed by atoms with E-state index < -0.39 is 17.9 Å². The van der Waals surface area contributed by atoms with Gasteiger partial charge in [-0.05, 0) is 48.9 Å². The lowest BCUT2D eigenvalue weighted by molar-refractivity contribution is -0.145. The largest absolute Gasteiger partial charge is 0.461 e. The lowest BCUT2D eigenvalue weighted by Gasteiger charge is -2.34. The number of para-hydroxylation sites is 1. The first-order valence-electron chi connectivity index (χ1n) is 18.6. The van der Waals surface area contributed by atoms with E-state index in [0.717, 1.165) is 60.6 Å². The predicted octanol–water partition coefficient (Wildman–Crippen LogP) is 8.20. The van der Waals surface area contributed by atoms with Crippen LogP contribution in [0.25, 0.3) is 10.9 Å². The van der Waals surface area contributed by atoms with Gasteiger partial charge in [-0.15, -0.1) is 0 Å². The molecular formula is C42H53ClN4O5. The molecule has 0 saturated heterocycles. The number of esters is 1. The molecule has 4 aromatic rings. The normalized spacial score (nSPS) is 12.3. The molecule has 0 aliphatic heterocycles. The van der Waals surface area contributed by atoms with Gasteiger partial charge in [0.15, 0.2) is 0 Å². The van der Waals surface area contributed by atoms with Crippen LogP contribution in [0.5, 0.6) is 0 Å². The van der Waals surface area contributed by atoms with Crippen molar-refractivity contribution in [2.45, 2.75) is 110 Å². The maximum Gasteiger partial charge on any atom is 0.306 e. The molecule has 278 valence electrons. The molecule has 0 aliphatic carbocycles. The van der Waals surface area contributed by atoms with E-state index >= 15 is 0 Å². The summed E-state index contributed by atoms with van der Waals surface area (Å²) in [7, 11) is 0. The van der Waals surface area contributed by atoms with Crippen LogP contribution in [0.4, 0.5) is 0 Å². The molecule has 4 rings (SSSR count). The average Bonchev–Trinajstić information content (AvgIpc) is 3.51. The molecule has 0 radical (unpaired) electrons. The third-order valence-electron chi connectivity index (χ3n) is 9.36. The standard InChI is InChI=1S/C42H53ClN4O5/c1-3-5-7-11-20-33(27-39(44)48)47(26-6-4-2)42(51)37(23-16-25-40(49)52-30-31-17-9-8-10-18-31)45-41(50)35-29-46(38-24-15-13-21-34(35)38)28-32-19-12-14-22-36(32)43/h8-10,12-15,17-19,21-22,24,29,33,37H,3-7,11,16,20,23,25-28,30H2,1-2H3,(H2,44,48)(H,45,50)/t33-,37-/m0/s1. The molecule has 1 aromatic heterocycles. The van der Waals surface area contributed by atoms with Crippen molar-refractivity contribution in [2.75, 3.05) is 6.54 Å². The third-order valence-corrected chi connectivity index (χ3v) is 9.72. The molecule has 0 saturated carbocycles. The molecule has 3 amide bonds. The summed E-state index contributed by atoms with van der Waals surface area (Å²) in [5.41, 5.74) is 8.80. The number of benzene rings is 3. The number of carbonyl (C=O) groups excluding carboxylic acids is 4. The summed E-state index contributed by atoms with van der Waals surface area (Å²) >= 11 is 6.49. The Labute approximate surface area is 312 Å². The summed E-state index contributed by atoms with van der Waals surface area (Å²) in [5, 5.41) is 4.42. The smallest absolute Gasteiger partial charge is 0.306 e. The fourth-order valence-electron chi connectivity index (χ4n) is 6.53. The van der Waals surface area contributed by atoms with Crippen LogP contribution in [0.2, 0.25) is 5.02 Å². The molecule has 0 spiro atoms. The fourth-order valence-corrected chi connectivity index (χ4v) is 6.73. The highest BCUT2D eigenvalue weighted by molar-refractivity contribution is 6.31. The number of unbranched alkanes of at least 4 members (excludes halogenated alkanes) is 4. The zero-order chi connectivity index (χ0) is 37.3. The molecule has 0 aliphatic rings. The first-order valence-corrected chi connectivity index (χ1v) is 19.0. The van der Waals surface area contributed by atoms with Gasteiger partial charge >= 0.3 is 5.97 Å². The minimum absolute atomic E-state index is 0.0452. The third kappa shape index (κ3) is 12.0. The van der Waals surface area contributed by atoms with E-state index in [-0.39, 0.29) is 43.8 Å². The lowest BCUT2D eigenvalue weighted by atomic mass is 9.99. The molecule has 52 heavy (non-hydrogen) atoms. The number of hydrogen-bond acceptors (Lipinski definition) is 5. The second kappa shape index (κ2) is 21.0. The Hall–Kier alpha value is -4.63. The van der Waals surface area contributed by atoms with Gasteiger partial charge in [-0.1, -0.05) is 124 Å². The monoisotopic (exact) mass is 728 g/mol. The minimum atomic E-state index is -0.942. The van der Waals surface area contributed by atoms with Crippen LogP contribution < -0.4 is 11.1 Å². The first-order chi connectivity index (χ1) is 25.2. The Morgan fingerprint density at radius 3 is 2.29 bits per heavy atom. The SMILES string of the molecule is CCCCCC[C@@H](CC(N)=O)N(CCCC)C(=O)[C@H](CCCC(=O)OCc1ccccc1)NC(=O)c1cn(Cc2ccccc2Cl)c2ccccc12. The molecule has 3 N–H and O–H groups in total. The summed E-state index contributed by atoms with van der Waals surface area (Å²) in [6, 6.07) is 23.3. The second-order valence-corrected chi connectivity index (χ2v) is 13.8. The van der Waals surface area contributed by atoms with Crippen LogP contribution in [0, 0.1) is 0 Å². The van der Waals surface area contributed by atoms with Crippen molar-refractivity contribution in [3.63, 3.8) is 0 Å². The van der Waals surface area contributed by atoms with Crippen LogP contribution >= 0.6 is 11.6 Å². The number of ether oxygens (including phenoxy) is 1. The van der Waals surface area contributed by atoms with Crippen LogP contribution in [0.1, 0.15) is 106 Å². The van der Waals surface area contributed by atoms with Gasteiger partial charge in [-0.25, -0.2) is 0 Å². The summed E-state index contributed by atoms with van der Waals surface area (Å²) in [6.07, 6.45) is 8.65. The van der Waals surface area contributed by atoms with Crippen molar-refractivity contribution in [1.82, 2.24) is 14.8 Å². The molecule has 0 fully saturated rings. The van der Waals surface area contributed by atoms with Gasteiger partial charge in [0.2, 0.25) is 11.8 Å². The summed E-state index contributed by atoms with van der Waals surface area (Å²) in [5.74, 6) is -1.53. The van der Waals surface area contributed by atoms with Gasteiger partial charge in [0, 0.05) is 54.1 Å². The minimum Gasteiger partial charge on any atom is -0.461 e. The van der Waals surface area contributed by atoms with E-state index in [1.807, 2.05) is 90.4 Å². The second-order valence-electron chi connectivity index (χ2n) is 13.4. The Bertz CT molecular complexity index is 1760. The lowest BCUT2D eigenvalue weighted by Crippen LogP contribution is -2.53. The van der Waals surface area contributed by atoms with Crippen molar-refractivity contribution in [1.29, 1.82) is 0 Å². The number of aromatic nitrogens is 1. The number of amides is 3. The van der Waals surface area contributed by atoms with Gasteiger partial charge in [0.05, 0.1) is 5.56 Å². The number of primary amides is 1. The predicted molar refractivity (Wildman–Crippen MR) is 207 cm³/mol. The average molecular weight is 729 g/mol. The Morgan fingerprint density at radius 1 is 0.846 bits per heavy atom. The number of rotatable bonds is 22. The highest BCUT2D eigenvalue weighted by Gasteiger charge is 2.32. The van der Waals surface area contributed by atoms with Gasteiger partial charge in [-0.2, -0.15) is 0 Å². The number of carbonyl (C=O) groups is 4. The summed E-state index contributed by atoms with van der Waals surface area (Å²) in [6.45, 7) is 5.24. The topological polar surface area (TPSA) is 124 Å². The molecule has 0 unspecified atom stereocenters. The van der Waals surface area contributed by atoms with Crippen molar-refractivity contribution >= 4 is 46.2 Å². The van der Waals surface area contributed by atoms with Gasteiger partial charge < -0.3 is 25.3 Å². The van der Waals surface area contributed by atoms with Gasteiger partial charge in [0.25, 0.3) is 5.91 Å². The first kappa shape index (κ1) is 40.1. The Balaban J connectivity index is 1.60. The zero-order valence-corrected chi connectivity index (χ0v) is 31.3. The number of halogens is 1. The van der Waals surface area contributed by atoms with E-state index in [9.17, 15) is 19.2 Å². The number of nitrogens with zero attached hydrogens (tertiary/aromatic N) is 2. The van der Waals surface area contributed by atoms with Crippen LogP contribution in [-0.4, -0.2) is 51.8 Å². The van der Waals surface area contributed by atoms with Crippen LogP contribution in [0.15, 0.2) is 85.1 Å². The number of nitrogens with two attached hydrogens (primary N) is 1. The quantitative estimate of drug-likeness (QED) is 0.0624. The highest BCUT2D eigenvalue weighted by atomic mass is 35.5. The van der Waals surface area contributed by atoms with Gasteiger partial charge in [0.1, 0.15) is 12.6 Å². The van der Waals surface area contributed by atoms with Crippen molar-refractivity contribution in [3.8, 4) is 0 Å². The fraction of sp³-hybridized carbons (Fsp3) is 0.429. The molecular weight excluding hydrogens is 676 g/mol. The summed E-state index contributed by atoms with van der Waals surface area (Å²) < 4.78 is 7.47. The van der Waals surface area contributed by atoms with E-state index in [4.69, 9.17) is 22.1 Å². The molecule has 10 heteroatoms. The Kier molecular flexibility index (Phi) is 16.2. The van der Waals surface area contributed by atoms with E-state index in [1.54, 1.807) is 11.1 Å². The zero-order valence-electron chi connectivity index (χ0n) is 30.5. The molecule has 1 heterocycles. The maximum atomic E-state index is 14.6. The molecule has 2 atom stereocenters. The van der Waals surface area contributed by atoms with Gasteiger partial charge in [-0.3, -0.25) is 19.2 Å². The Morgan fingerprint density at radius 2 is 1.56 bits per heavy atom. The number of nitrogens with one attached hydrogen (secondary N) is 1. The summed E-state index contributed by atoms with van der Waals surface area (Å²) in [4.78, 5) is 55.6. The van der Waals surface area contributed by atoms with E-state index in [2.05, 4.69) is 12.2 Å². The van der Waals surface area contributed by atoms with Crippen LogP contribution in [0.3, 0.4) is 0 Å². The molecule has 0 bridgehead atoms. The maximum absolute atomic E-state index is 14.6. The number of hydrogen-bond donors (Lipinski definition) is 2. The highest BCUT2D eigenvalue weighted by Crippen LogP contribution is 2.26. The molecule has 3 aromatic carbocycles. The van der Waals surface area contributed by atoms with Crippen molar-refractivity contribution in [2.24, 2.45) is 5.73 Å². The van der Waals surface area contributed by atoms with E-state index in [1.165, 1.54) is 0 Å². The molecule has 9 nitrogen and oxygen atoms in total. The van der Waals surface area contributed by atoms with E-state index in [0.29, 0.717) is 36.5 Å². The van der Waals surface area contributed by atoms with Crippen LogP contribution in [-0.2, 0) is 32.3 Å².